The molecule has 0 heterocycles. The average molecular weight is 283 g/mol. The van der Waals surface area contributed by atoms with E-state index in [1.54, 1.807) is 11.9 Å². The summed E-state index contributed by atoms with van der Waals surface area (Å²) in [6.07, 6.45) is 0. The number of carbonyl (C=O) groups is 1. The molecule has 0 fully saturated rings. The van der Waals surface area contributed by atoms with E-state index < -0.39 is 0 Å². The van der Waals surface area contributed by atoms with Crippen LogP contribution in [0.4, 0.5) is 17.1 Å². The lowest BCUT2D eigenvalue weighted by Gasteiger charge is -2.18. The highest BCUT2D eigenvalue weighted by atomic mass is 16.2. The summed E-state index contributed by atoms with van der Waals surface area (Å²) in [5, 5.41) is 3.15. The highest BCUT2D eigenvalue weighted by molar-refractivity contribution is 5.95. The van der Waals surface area contributed by atoms with Gasteiger partial charge in [-0.1, -0.05) is 18.2 Å². The maximum absolute atomic E-state index is 12.1. The molecular weight excluding hydrogens is 262 g/mol. The molecule has 0 atom stereocenters. The van der Waals surface area contributed by atoms with Gasteiger partial charge >= 0.3 is 0 Å². The fourth-order valence-electron chi connectivity index (χ4n) is 1.97. The third-order valence-corrected chi connectivity index (χ3v) is 3.35. The standard InChI is InChI=1S/C17H21N3O/c1-19(2)15-11-9-14(10-12-15)18-13-17(21)20(3)16-7-5-4-6-8-16/h4-12,18H,13H2,1-3H3. The first-order chi connectivity index (χ1) is 10.1. The summed E-state index contributed by atoms with van der Waals surface area (Å²) in [7, 11) is 5.79. The molecule has 0 spiro atoms. The Morgan fingerprint density at radius 2 is 1.52 bits per heavy atom. The Balaban J connectivity index is 1.92. The summed E-state index contributed by atoms with van der Waals surface area (Å²) in [6.45, 7) is 0.271. The Bertz CT molecular complexity index is 579. The summed E-state index contributed by atoms with van der Waals surface area (Å²) in [4.78, 5) is 15.8. The number of nitrogens with zero attached hydrogens (tertiary/aromatic N) is 2. The molecular formula is C17H21N3O. The van der Waals surface area contributed by atoms with Crippen LogP contribution >= 0.6 is 0 Å². The van der Waals surface area contributed by atoms with Crippen LogP contribution < -0.4 is 15.1 Å². The number of carbonyl (C=O) groups excluding carboxylic acids is 1. The van der Waals surface area contributed by atoms with Crippen molar-refractivity contribution in [2.45, 2.75) is 0 Å². The predicted octanol–water partition coefficient (Wildman–Crippen LogP) is 2.83. The minimum absolute atomic E-state index is 0.0258. The van der Waals surface area contributed by atoms with Crippen LogP contribution in [0, 0.1) is 0 Å². The molecule has 4 heteroatoms. The van der Waals surface area contributed by atoms with Crippen molar-refractivity contribution >= 4 is 23.0 Å². The molecule has 1 N–H and O–H groups in total. The Hall–Kier alpha value is -2.49. The van der Waals surface area contributed by atoms with Crippen molar-refractivity contribution in [2.24, 2.45) is 0 Å². The van der Waals surface area contributed by atoms with Gasteiger partial charge in [0.25, 0.3) is 0 Å². The van der Waals surface area contributed by atoms with E-state index in [9.17, 15) is 4.79 Å². The number of benzene rings is 2. The zero-order valence-electron chi connectivity index (χ0n) is 12.7. The predicted molar refractivity (Wildman–Crippen MR) is 89.1 cm³/mol. The number of rotatable bonds is 5. The monoisotopic (exact) mass is 283 g/mol. The summed E-state index contributed by atoms with van der Waals surface area (Å²) in [6, 6.07) is 17.6. The number of nitrogens with one attached hydrogen (secondary N) is 1. The van der Waals surface area contributed by atoms with Crippen molar-refractivity contribution in [3.63, 3.8) is 0 Å². The topological polar surface area (TPSA) is 35.6 Å². The van der Waals surface area contributed by atoms with Crippen molar-refractivity contribution in [3.05, 3.63) is 54.6 Å². The maximum Gasteiger partial charge on any atom is 0.246 e. The Morgan fingerprint density at radius 1 is 0.905 bits per heavy atom. The molecule has 0 radical (unpaired) electrons. The minimum atomic E-state index is 0.0258. The first-order valence-corrected chi connectivity index (χ1v) is 6.91. The van der Waals surface area contributed by atoms with Crippen molar-refractivity contribution in [1.82, 2.24) is 0 Å². The molecule has 21 heavy (non-hydrogen) atoms. The van der Waals surface area contributed by atoms with Gasteiger partial charge in [0.1, 0.15) is 0 Å². The fourth-order valence-corrected chi connectivity index (χ4v) is 1.97. The summed E-state index contributed by atoms with van der Waals surface area (Å²) < 4.78 is 0. The molecule has 0 saturated carbocycles. The third kappa shape index (κ3) is 3.99. The fraction of sp³-hybridized carbons (Fsp3) is 0.235. The highest BCUT2D eigenvalue weighted by Gasteiger charge is 2.09. The first kappa shape index (κ1) is 14.9. The minimum Gasteiger partial charge on any atom is -0.378 e. The number of anilines is 3. The third-order valence-electron chi connectivity index (χ3n) is 3.35. The smallest absolute Gasteiger partial charge is 0.246 e. The lowest BCUT2D eigenvalue weighted by molar-refractivity contribution is -0.116. The Morgan fingerprint density at radius 3 is 2.10 bits per heavy atom. The second-order valence-corrected chi connectivity index (χ2v) is 5.08. The van der Waals surface area contributed by atoms with Gasteiger partial charge in [0.05, 0.1) is 6.54 Å². The number of para-hydroxylation sites is 1. The molecule has 0 aromatic heterocycles. The summed E-state index contributed by atoms with van der Waals surface area (Å²) >= 11 is 0. The summed E-state index contributed by atoms with van der Waals surface area (Å²) in [5.74, 6) is 0.0258. The van der Waals surface area contributed by atoms with Gasteiger partial charge in [-0.25, -0.2) is 0 Å². The molecule has 0 aliphatic rings. The van der Waals surface area contributed by atoms with Crippen molar-refractivity contribution in [2.75, 3.05) is 42.8 Å². The van der Waals surface area contributed by atoms with E-state index in [1.165, 1.54) is 0 Å². The van der Waals surface area contributed by atoms with Crippen molar-refractivity contribution < 1.29 is 4.79 Å². The quantitative estimate of drug-likeness (QED) is 0.916. The molecule has 2 aromatic carbocycles. The molecule has 2 rings (SSSR count). The van der Waals surface area contributed by atoms with Gasteiger partial charge in [-0.05, 0) is 36.4 Å². The van der Waals surface area contributed by atoms with E-state index in [0.717, 1.165) is 17.1 Å². The highest BCUT2D eigenvalue weighted by Crippen LogP contribution is 2.16. The number of amides is 1. The lowest BCUT2D eigenvalue weighted by atomic mass is 10.2. The molecule has 0 unspecified atom stereocenters. The second kappa shape index (κ2) is 6.79. The number of hydrogen-bond acceptors (Lipinski definition) is 3. The molecule has 2 aromatic rings. The van der Waals surface area contributed by atoms with Crippen LogP contribution in [0.2, 0.25) is 0 Å². The molecule has 110 valence electrons. The van der Waals surface area contributed by atoms with Crippen LogP contribution in [0.5, 0.6) is 0 Å². The van der Waals surface area contributed by atoms with E-state index >= 15 is 0 Å². The zero-order chi connectivity index (χ0) is 15.2. The van der Waals surface area contributed by atoms with Crippen LogP contribution in [0.15, 0.2) is 54.6 Å². The van der Waals surface area contributed by atoms with Gasteiger partial charge in [-0.2, -0.15) is 0 Å². The van der Waals surface area contributed by atoms with Crippen molar-refractivity contribution in [3.8, 4) is 0 Å². The summed E-state index contributed by atoms with van der Waals surface area (Å²) in [5.41, 5.74) is 2.97. The van der Waals surface area contributed by atoms with Crippen LogP contribution in [0.3, 0.4) is 0 Å². The molecule has 0 bridgehead atoms. The molecule has 1 amide bonds. The normalized spacial score (nSPS) is 10.0. The van der Waals surface area contributed by atoms with Gasteiger partial charge < -0.3 is 15.1 Å². The molecule has 4 nitrogen and oxygen atoms in total. The molecule has 0 aliphatic heterocycles. The Kier molecular flexibility index (Phi) is 4.82. The van der Waals surface area contributed by atoms with Gasteiger partial charge in [-0.15, -0.1) is 0 Å². The molecule has 0 saturated heterocycles. The second-order valence-electron chi connectivity index (χ2n) is 5.08. The first-order valence-electron chi connectivity index (χ1n) is 6.91. The SMILES string of the molecule is CN(C)c1ccc(NCC(=O)N(C)c2ccccc2)cc1. The van der Waals surface area contributed by atoms with E-state index in [2.05, 4.69) is 5.32 Å². The van der Waals surface area contributed by atoms with Gasteiger partial charge in [0.2, 0.25) is 5.91 Å². The largest absolute Gasteiger partial charge is 0.378 e. The van der Waals surface area contributed by atoms with Crippen LogP contribution in [-0.2, 0) is 4.79 Å². The van der Waals surface area contributed by atoms with E-state index in [0.29, 0.717) is 0 Å². The van der Waals surface area contributed by atoms with Crippen LogP contribution in [-0.4, -0.2) is 33.6 Å². The Labute approximate surface area is 126 Å². The molecule has 0 aliphatic carbocycles. The van der Waals surface area contributed by atoms with E-state index in [4.69, 9.17) is 0 Å². The van der Waals surface area contributed by atoms with Crippen LogP contribution in [0.1, 0.15) is 0 Å². The van der Waals surface area contributed by atoms with E-state index in [1.807, 2.05) is 73.6 Å². The van der Waals surface area contributed by atoms with E-state index in [-0.39, 0.29) is 12.5 Å². The van der Waals surface area contributed by atoms with Crippen LogP contribution in [0.25, 0.3) is 0 Å². The number of hydrogen-bond donors (Lipinski definition) is 1. The lowest BCUT2D eigenvalue weighted by Crippen LogP contribution is -2.32. The maximum atomic E-state index is 12.1. The zero-order valence-corrected chi connectivity index (χ0v) is 12.7. The van der Waals surface area contributed by atoms with Gasteiger partial charge in [0.15, 0.2) is 0 Å². The van der Waals surface area contributed by atoms with Gasteiger partial charge in [0, 0.05) is 38.2 Å². The number of likely N-dealkylation sites (N-methyl/N-ethyl adjacent to an activating group) is 1. The van der Waals surface area contributed by atoms with Crippen molar-refractivity contribution in [1.29, 1.82) is 0 Å². The average Bonchev–Trinajstić information content (AvgIpc) is 2.53. The van der Waals surface area contributed by atoms with Gasteiger partial charge in [-0.3, -0.25) is 4.79 Å².